The standard InChI is InChI=1S/C25H33F3N6O/c1-2-20(32-5-7-33(8-6-32)21-4-3-19(14-31-21)25(26,27)28)23(30)34(15-29)22-17-9-16-10-18(22)13-24(35,11-16)12-17/h3-4,14,16-18,20,22,30,35H,2,5-13H2,1H3. The van der Waals surface area contributed by atoms with Gasteiger partial charge in [-0.25, -0.2) is 4.98 Å². The smallest absolute Gasteiger partial charge is 0.390 e. The van der Waals surface area contributed by atoms with Crippen LogP contribution in [-0.2, 0) is 6.18 Å². The van der Waals surface area contributed by atoms with Gasteiger partial charge in [0, 0.05) is 32.4 Å². The van der Waals surface area contributed by atoms with Crippen LogP contribution < -0.4 is 4.90 Å². The number of nitriles is 1. The summed E-state index contributed by atoms with van der Waals surface area (Å²) in [5.41, 5.74) is -1.34. The Hall–Kier alpha value is -2.38. The first kappa shape index (κ1) is 24.3. The molecule has 1 aromatic rings. The number of hydrogen-bond acceptors (Lipinski definition) is 6. The number of aliphatic hydroxyl groups is 1. The fourth-order valence-corrected chi connectivity index (χ4v) is 7.45. The molecule has 3 unspecified atom stereocenters. The highest BCUT2D eigenvalue weighted by atomic mass is 19.4. The van der Waals surface area contributed by atoms with Crippen molar-refractivity contribution in [3.05, 3.63) is 23.9 Å². The Kier molecular flexibility index (Phi) is 6.20. The maximum absolute atomic E-state index is 12.8. The van der Waals surface area contributed by atoms with Crippen molar-refractivity contribution in [1.29, 1.82) is 10.7 Å². The van der Waals surface area contributed by atoms with Gasteiger partial charge in [0.25, 0.3) is 0 Å². The molecular formula is C25H33F3N6O. The molecule has 1 aliphatic heterocycles. The predicted octanol–water partition coefficient (Wildman–Crippen LogP) is 3.70. The highest BCUT2D eigenvalue weighted by Crippen LogP contribution is 2.57. The van der Waals surface area contributed by atoms with Crippen LogP contribution in [0.15, 0.2) is 18.3 Å². The summed E-state index contributed by atoms with van der Waals surface area (Å²) in [5.74, 6) is 1.90. The molecule has 1 saturated heterocycles. The maximum Gasteiger partial charge on any atom is 0.417 e. The van der Waals surface area contributed by atoms with Crippen LogP contribution in [0.3, 0.4) is 0 Å². The number of pyridine rings is 1. The molecule has 4 saturated carbocycles. The van der Waals surface area contributed by atoms with Crippen molar-refractivity contribution in [1.82, 2.24) is 14.8 Å². The van der Waals surface area contributed by atoms with E-state index in [2.05, 4.69) is 16.1 Å². The average molecular weight is 491 g/mol. The quantitative estimate of drug-likeness (QED) is 0.283. The number of piperazine rings is 1. The first-order valence-electron chi connectivity index (χ1n) is 12.6. The summed E-state index contributed by atoms with van der Waals surface area (Å²) < 4.78 is 38.5. The molecule has 190 valence electrons. The summed E-state index contributed by atoms with van der Waals surface area (Å²) in [6, 6.07) is 2.27. The van der Waals surface area contributed by atoms with E-state index in [1.54, 1.807) is 4.90 Å². The van der Waals surface area contributed by atoms with Gasteiger partial charge in [0.05, 0.1) is 23.2 Å². The first-order valence-corrected chi connectivity index (χ1v) is 12.6. The van der Waals surface area contributed by atoms with Gasteiger partial charge in [0.15, 0.2) is 6.19 Å². The van der Waals surface area contributed by atoms with Crippen LogP contribution in [0.1, 0.15) is 51.0 Å². The summed E-state index contributed by atoms with van der Waals surface area (Å²) in [4.78, 5) is 9.84. The molecule has 4 bridgehead atoms. The zero-order valence-corrected chi connectivity index (χ0v) is 20.0. The van der Waals surface area contributed by atoms with Crippen LogP contribution in [0.2, 0.25) is 0 Å². The van der Waals surface area contributed by atoms with Gasteiger partial charge >= 0.3 is 6.18 Å². The van der Waals surface area contributed by atoms with Crippen LogP contribution in [0.4, 0.5) is 19.0 Å². The van der Waals surface area contributed by atoms with Gasteiger partial charge in [0.2, 0.25) is 0 Å². The van der Waals surface area contributed by atoms with Crippen LogP contribution in [0, 0.1) is 34.6 Å². The van der Waals surface area contributed by atoms with Gasteiger partial charge in [-0.1, -0.05) is 6.92 Å². The maximum atomic E-state index is 12.8. The van der Waals surface area contributed by atoms with Crippen molar-refractivity contribution in [2.45, 2.75) is 69.3 Å². The minimum absolute atomic E-state index is 0.00369. The molecule has 3 atom stereocenters. The van der Waals surface area contributed by atoms with E-state index < -0.39 is 17.3 Å². The molecule has 35 heavy (non-hydrogen) atoms. The van der Waals surface area contributed by atoms with Gasteiger partial charge in [-0.15, -0.1) is 0 Å². The van der Waals surface area contributed by atoms with E-state index in [1.165, 1.54) is 6.07 Å². The van der Waals surface area contributed by atoms with Crippen LogP contribution in [0.25, 0.3) is 0 Å². The molecule has 0 radical (unpaired) electrons. The van der Waals surface area contributed by atoms with E-state index in [9.17, 15) is 23.5 Å². The Bertz CT molecular complexity index is 968. The minimum atomic E-state index is -4.40. The summed E-state index contributed by atoms with van der Waals surface area (Å²) in [7, 11) is 0. The number of hydrogen-bond donors (Lipinski definition) is 2. The van der Waals surface area contributed by atoms with E-state index in [-0.39, 0.29) is 23.9 Å². The number of alkyl halides is 3. The average Bonchev–Trinajstić information content (AvgIpc) is 2.80. The van der Waals surface area contributed by atoms with Crippen molar-refractivity contribution in [3.63, 3.8) is 0 Å². The number of amidine groups is 1. The number of anilines is 1. The lowest BCUT2D eigenvalue weighted by atomic mass is 9.52. The van der Waals surface area contributed by atoms with Crippen LogP contribution >= 0.6 is 0 Å². The number of nitrogens with zero attached hydrogens (tertiary/aromatic N) is 5. The minimum Gasteiger partial charge on any atom is -0.390 e. The molecule has 2 N–H and O–H groups in total. The van der Waals surface area contributed by atoms with E-state index in [0.29, 0.717) is 50.2 Å². The molecule has 5 fully saturated rings. The molecule has 0 aromatic carbocycles. The second-order valence-corrected chi connectivity index (χ2v) is 10.9. The van der Waals surface area contributed by atoms with E-state index in [0.717, 1.165) is 44.4 Å². The van der Waals surface area contributed by atoms with Crippen molar-refractivity contribution >= 4 is 11.7 Å². The third-order valence-corrected chi connectivity index (χ3v) is 8.71. The molecule has 6 rings (SSSR count). The Balaban J connectivity index is 1.24. The molecule has 1 aromatic heterocycles. The van der Waals surface area contributed by atoms with Gasteiger partial charge < -0.3 is 10.0 Å². The third kappa shape index (κ3) is 4.49. The first-order chi connectivity index (χ1) is 16.6. The van der Waals surface area contributed by atoms with Crippen molar-refractivity contribution in [2.75, 3.05) is 31.1 Å². The second-order valence-electron chi connectivity index (χ2n) is 10.9. The Morgan fingerprint density at radius 3 is 2.37 bits per heavy atom. The van der Waals surface area contributed by atoms with Crippen LogP contribution in [-0.4, -0.2) is 69.6 Å². The van der Waals surface area contributed by atoms with Crippen molar-refractivity contribution in [3.8, 4) is 6.19 Å². The fraction of sp³-hybridized carbons (Fsp3) is 0.720. The van der Waals surface area contributed by atoms with Gasteiger partial charge in [0.1, 0.15) is 11.7 Å². The monoisotopic (exact) mass is 490 g/mol. The van der Waals surface area contributed by atoms with Crippen LogP contribution in [0.5, 0.6) is 0 Å². The van der Waals surface area contributed by atoms with Gasteiger partial charge in [-0.3, -0.25) is 15.2 Å². The molecule has 0 spiro atoms. The number of aromatic nitrogens is 1. The molecule has 10 heteroatoms. The zero-order valence-electron chi connectivity index (χ0n) is 20.0. The highest BCUT2D eigenvalue weighted by Gasteiger charge is 2.57. The summed E-state index contributed by atoms with van der Waals surface area (Å²) >= 11 is 0. The number of rotatable bonds is 5. The fourth-order valence-electron chi connectivity index (χ4n) is 7.45. The molecular weight excluding hydrogens is 457 g/mol. The third-order valence-electron chi connectivity index (χ3n) is 8.71. The summed E-state index contributed by atoms with van der Waals surface area (Å²) in [5, 5.41) is 30.1. The summed E-state index contributed by atoms with van der Waals surface area (Å²) in [6.45, 7) is 4.50. The van der Waals surface area contributed by atoms with Crippen molar-refractivity contribution < 1.29 is 18.3 Å². The largest absolute Gasteiger partial charge is 0.417 e. The molecule has 2 heterocycles. The van der Waals surface area contributed by atoms with E-state index >= 15 is 0 Å². The highest BCUT2D eigenvalue weighted by molar-refractivity contribution is 5.86. The van der Waals surface area contributed by atoms with E-state index in [4.69, 9.17) is 5.41 Å². The lowest BCUT2D eigenvalue weighted by Crippen LogP contribution is -2.63. The summed E-state index contributed by atoms with van der Waals surface area (Å²) in [6.07, 6.45) is 3.91. The zero-order chi connectivity index (χ0) is 25.0. The lowest BCUT2D eigenvalue weighted by Gasteiger charge is -2.59. The Morgan fingerprint density at radius 1 is 1.23 bits per heavy atom. The van der Waals surface area contributed by atoms with Gasteiger partial charge in [-0.2, -0.15) is 18.4 Å². The second kappa shape index (κ2) is 8.93. The lowest BCUT2D eigenvalue weighted by molar-refractivity contribution is -0.147. The number of nitrogens with one attached hydrogen (secondary N) is 1. The Labute approximate surface area is 204 Å². The molecule has 0 amide bonds. The van der Waals surface area contributed by atoms with E-state index in [1.807, 2.05) is 11.8 Å². The van der Waals surface area contributed by atoms with Crippen molar-refractivity contribution in [2.24, 2.45) is 17.8 Å². The predicted molar refractivity (Wildman–Crippen MR) is 125 cm³/mol. The van der Waals surface area contributed by atoms with Gasteiger partial charge in [-0.05, 0) is 68.4 Å². The topological polar surface area (TPSA) is 90.5 Å². The molecule has 5 aliphatic rings. The molecule has 4 aliphatic carbocycles. The normalized spacial score (nSPS) is 33.4. The SMILES string of the molecule is CCC(C(=N)N(C#N)C1C2CC3CC1CC(O)(C3)C2)N1CCN(c2ccc(C(F)(F)F)cn2)CC1. The number of halogens is 3. The molecule has 7 nitrogen and oxygen atoms in total. The Morgan fingerprint density at radius 2 is 1.89 bits per heavy atom.